The molecular weight excluding hydrogens is 325 g/mol. The van der Waals surface area contributed by atoms with Gasteiger partial charge < -0.3 is 4.90 Å². The van der Waals surface area contributed by atoms with Gasteiger partial charge in [0.2, 0.25) is 0 Å². The summed E-state index contributed by atoms with van der Waals surface area (Å²) in [5.41, 5.74) is 0.710. The van der Waals surface area contributed by atoms with E-state index in [0.717, 1.165) is 10.2 Å². The summed E-state index contributed by atoms with van der Waals surface area (Å²) in [5.74, 6) is -0.297. The van der Waals surface area contributed by atoms with E-state index in [0.29, 0.717) is 10.0 Å². The first-order valence-electron chi connectivity index (χ1n) is 6.57. The number of halogens is 2. The molecule has 0 fully saturated rings. The molecule has 2 rings (SSSR count). The predicted molar refractivity (Wildman–Crippen MR) is 86.4 cm³/mol. The Balaban J connectivity index is 2.29. The number of hydrogen-bond donors (Lipinski definition) is 0. The van der Waals surface area contributed by atoms with Gasteiger partial charge in [-0.2, -0.15) is 5.10 Å². The second kappa shape index (κ2) is 6.50. The molecule has 1 atom stereocenters. The second-order valence-electron chi connectivity index (χ2n) is 4.94. The highest BCUT2D eigenvalue weighted by Gasteiger charge is 2.22. The molecule has 5 nitrogen and oxygen atoms in total. The van der Waals surface area contributed by atoms with Crippen molar-refractivity contribution in [1.29, 1.82) is 0 Å². The molecule has 116 valence electrons. The van der Waals surface area contributed by atoms with Gasteiger partial charge in [-0.05, 0) is 30.7 Å². The fourth-order valence-electron chi connectivity index (χ4n) is 2.02. The van der Waals surface area contributed by atoms with Crippen molar-refractivity contribution in [2.75, 3.05) is 7.05 Å². The summed E-state index contributed by atoms with van der Waals surface area (Å²) < 4.78 is 1.13. The van der Waals surface area contributed by atoms with E-state index < -0.39 is 0 Å². The van der Waals surface area contributed by atoms with Gasteiger partial charge in [0.15, 0.2) is 0 Å². The van der Waals surface area contributed by atoms with Crippen molar-refractivity contribution in [2.45, 2.75) is 13.0 Å². The van der Waals surface area contributed by atoms with Gasteiger partial charge in [-0.1, -0.05) is 29.3 Å². The summed E-state index contributed by atoms with van der Waals surface area (Å²) in [7, 11) is 3.16. The smallest absolute Gasteiger partial charge is 0.274 e. The zero-order valence-corrected chi connectivity index (χ0v) is 13.9. The van der Waals surface area contributed by atoms with Gasteiger partial charge in [-0.3, -0.25) is 9.59 Å². The summed E-state index contributed by atoms with van der Waals surface area (Å²) in [6.07, 6.45) is 0. The highest BCUT2D eigenvalue weighted by atomic mass is 35.5. The normalized spacial score (nSPS) is 12.0. The van der Waals surface area contributed by atoms with E-state index in [1.807, 2.05) is 6.92 Å². The zero-order valence-electron chi connectivity index (χ0n) is 12.4. The van der Waals surface area contributed by atoms with Crippen LogP contribution < -0.4 is 5.56 Å². The number of aromatic nitrogens is 2. The number of aryl methyl sites for hydroxylation is 1. The Morgan fingerprint density at radius 2 is 1.95 bits per heavy atom. The van der Waals surface area contributed by atoms with Gasteiger partial charge >= 0.3 is 0 Å². The molecule has 0 saturated carbocycles. The van der Waals surface area contributed by atoms with Gasteiger partial charge in [-0.15, -0.1) is 0 Å². The summed E-state index contributed by atoms with van der Waals surface area (Å²) in [6, 6.07) is 7.61. The number of benzene rings is 1. The van der Waals surface area contributed by atoms with Crippen LogP contribution in [0.15, 0.2) is 35.1 Å². The first-order valence-corrected chi connectivity index (χ1v) is 7.33. The number of nitrogens with zero attached hydrogens (tertiary/aromatic N) is 3. The van der Waals surface area contributed by atoms with Gasteiger partial charge in [0.1, 0.15) is 5.69 Å². The monoisotopic (exact) mass is 339 g/mol. The van der Waals surface area contributed by atoms with Crippen molar-refractivity contribution in [2.24, 2.45) is 7.05 Å². The average Bonchev–Trinajstić information content (AvgIpc) is 2.48. The van der Waals surface area contributed by atoms with Crippen LogP contribution in [0.5, 0.6) is 0 Å². The molecule has 1 unspecified atom stereocenters. The molecule has 0 saturated heterocycles. The molecule has 0 aliphatic heterocycles. The van der Waals surface area contributed by atoms with E-state index in [9.17, 15) is 9.59 Å². The number of amides is 1. The summed E-state index contributed by atoms with van der Waals surface area (Å²) in [5, 5.41) is 5.00. The van der Waals surface area contributed by atoms with Gasteiger partial charge in [-0.25, -0.2) is 4.68 Å². The van der Waals surface area contributed by atoms with Gasteiger partial charge in [0.05, 0.1) is 6.04 Å². The Kier molecular flexibility index (Phi) is 4.88. The van der Waals surface area contributed by atoms with Crippen LogP contribution >= 0.6 is 23.2 Å². The first-order chi connectivity index (χ1) is 10.3. The molecular formula is C15H15Cl2N3O2. The molecule has 0 aliphatic rings. The molecule has 1 heterocycles. The Morgan fingerprint density at radius 1 is 1.27 bits per heavy atom. The van der Waals surface area contributed by atoms with E-state index in [2.05, 4.69) is 5.10 Å². The molecule has 0 aliphatic carbocycles. The van der Waals surface area contributed by atoms with Crippen molar-refractivity contribution in [3.05, 3.63) is 62.0 Å². The lowest BCUT2D eigenvalue weighted by Crippen LogP contribution is -2.32. The highest BCUT2D eigenvalue weighted by molar-refractivity contribution is 6.35. The SMILES string of the molecule is CC(c1ccc(Cl)cc1Cl)N(C)C(=O)c1ccc(=O)n(C)n1. The summed E-state index contributed by atoms with van der Waals surface area (Å²) in [6.45, 7) is 1.86. The minimum Gasteiger partial charge on any atom is -0.333 e. The molecule has 1 aromatic carbocycles. The zero-order chi connectivity index (χ0) is 16.4. The standard InChI is InChI=1S/C15H15Cl2N3O2/c1-9(11-5-4-10(16)8-12(11)17)19(2)15(22)13-6-7-14(21)20(3)18-13/h4-9H,1-3H3. The van der Waals surface area contributed by atoms with E-state index in [1.54, 1.807) is 25.2 Å². The quantitative estimate of drug-likeness (QED) is 0.863. The van der Waals surface area contributed by atoms with E-state index in [4.69, 9.17) is 23.2 Å². The number of hydrogen-bond acceptors (Lipinski definition) is 3. The van der Waals surface area contributed by atoms with E-state index in [1.165, 1.54) is 24.1 Å². The van der Waals surface area contributed by atoms with Crippen molar-refractivity contribution < 1.29 is 4.79 Å². The van der Waals surface area contributed by atoms with Crippen LogP contribution in [0.1, 0.15) is 29.0 Å². The molecule has 2 aromatic rings. The Labute approximate surface area is 138 Å². The second-order valence-corrected chi connectivity index (χ2v) is 5.78. The van der Waals surface area contributed by atoms with Crippen LogP contribution in [-0.4, -0.2) is 27.6 Å². The molecule has 1 amide bonds. The Bertz CT molecular complexity index is 774. The third kappa shape index (κ3) is 3.31. The molecule has 1 aromatic heterocycles. The maximum absolute atomic E-state index is 12.5. The third-order valence-corrected chi connectivity index (χ3v) is 4.06. The van der Waals surface area contributed by atoms with Gasteiger partial charge in [0.25, 0.3) is 11.5 Å². The largest absolute Gasteiger partial charge is 0.333 e. The van der Waals surface area contributed by atoms with E-state index in [-0.39, 0.29) is 23.2 Å². The summed E-state index contributed by atoms with van der Waals surface area (Å²) in [4.78, 5) is 25.3. The van der Waals surface area contributed by atoms with Crippen molar-refractivity contribution in [3.63, 3.8) is 0 Å². The van der Waals surface area contributed by atoms with Gasteiger partial charge in [0, 0.05) is 30.2 Å². The minimum absolute atomic E-state index is 0.196. The Morgan fingerprint density at radius 3 is 2.55 bits per heavy atom. The molecule has 22 heavy (non-hydrogen) atoms. The molecule has 0 bridgehead atoms. The molecule has 0 spiro atoms. The van der Waals surface area contributed by atoms with Crippen molar-refractivity contribution >= 4 is 29.1 Å². The summed E-state index contributed by atoms with van der Waals surface area (Å²) >= 11 is 12.1. The maximum Gasteiger partial charge on any atom is 0.274 e. The van der Waals surface area contributed by atoms with Crippen LogP contribution in [0.25, 0.3) is 0 Å². The number of carbonyl (C=O) groups excluding carboxylic acids is 1. The Hall–Kier alpha value is -1.85. The first kappa shape index (κ1) is 16.5. The van der Waals surface area contributed by atoms with Crippen molar-refractivity contribution in [3.8, 4) is 0 Å². The van der Waals surface area contributed by atoms with Crippen LogP contribution in [0.4, 0.5) is 0 Å². The fraction of sp³-hybridized carbons (Fsp3) is 0.267. The minimum atomic E-state index is -0.297. The van der Waals surface area contributed by atoms with Crippen LogP contribution in [0.2, 0.25) is 10.0 Å². The van der Waals surface area contributed by atoms with Crippen LogP contribution in [-0.2, 0) is 7.05 Å². The number of rotatable bonds is 3. The lowest BCUT2D eigenvalue weighted by atomic mass is 10.1. The highest BCUT2D eigenvalue weighted by Crippen LogP contribution is 2.29. The predicted octanol–water partition coefficient (Wildman–Crippen LogP) is 2.92. The number of carbonyl (C=O) groups is 1. The molecule has 0 N–H and O–H groups in total. The van der Waals surface area contributed by atoms with E-state index >= 15 is 0 Å². The molecule has 7 heteroatoms. The van der Waals surface area contributed by atoms with Crippen LogP contribution in [0.3, 0.4) is 0 Å². The van der Waals surface area contributed by atoms with Crippen LogP contribution in [0, 0.1) is 0 Å². The third-order valence-electron chi connectivity index (χ3n) is 3.49. The lowest BCUT2D eigenvalue weighted by Gasteiger charge is -2.25. The topological polar surface area (TPSA) is 55.2 Å². The maximum atomic E-state index is 12.5. The lowest BCUT2D eigenvalue weighted by molar-refractivity contribution is 0.0734. The van der Waals surface area contributed by atoms with Crippen molar-refractivity contribution in [1.82, 2.24) is 14.7 Å². The molecule has 0 radical (unpaired) electrons. The average molecular weight is 340 g/mol. The fourth-order valence-corrected chi connectivity index (χ4v) is 2.59.